The number of benzene rings is 1. The number of hydrogen-bond acceptors (Lipinski definition) is 5. The molecule has 0 aliphatic carbocycles. The van der Waals surface area contributed by atoms with Gasteiger partial charge in [0.05, 0.1) is 0 Å². The number of aromatic hydroxyl groups is 1. The summed E-state index contributed by atoms with van der Waals surface area (Å²) in [5.74, 6) is -1.58. The molecule has 1 amide bonds. The number of aldehydes is 1. The van der Waals surface area contributed by atoms with Crippen molar-refractivity contribution >= 4 is 18.2 Å². The van der Waals surface area contributed by atoms with Crippen LogP contribution in [0.4, 0.5) is 0 Å². The van der Waals surface area contributed by atoms with Crippen molar-refractivity contribution in [1.82, 2.24) is 5.32 Å². The molecule has 2 N–H and O–H groups in total. The number of amides is 1. The van der Waals surface area contributed by atoms with E-state index in [-0.39, 0.29) is 12.0 Å². The van der Waals surface area contributed by atoms with Crippen LogP contribution in [0.1, 0.15) is 32.4 Å². The molecule has 1 rings (SSSR count). The lowest BCUT2D eigenvalue weighted by atomic mass is 10.1. The van der Waals surface area contributed by atoms with Crippen LogP contribution in [0.25, 0.3) is 0 Å². The summed E-state index contributed by atoms with van der Waals surface area (Å²) >= 11 is 0. The van der Waals surface area contributed by atoms with Gasteiger partial charge in [-0.3, -0.25) is 9.59 Å². The highest BCUT2D eigenvalue weighted by Crippen LogP contribution is 2.20. The van der Waals surface area contributed by atoms with E-state index in [1.54, 1.807) is 20.8 Å². The van der Waals surface area contributed by atoms with E-state index in [1.165, 1.54) is 24.3 Å². The van der Waals surface area contributed by atoms with Crippen molar-refractivity contribution in [1.29, 1.82) is 0 Å². The summed E-state index contributed by atoms with van der Waals surface area (Å²) in [4.78, 5) is 33.7. The van der Waals surface area contributed by atoms with E-state index in [4.69, 9.17) is 4.74 Å². The summed E-state index contributed by atoms with van der Waals surface area (Å²) in [5.41, 5.74) is -0.315. The number of carbonyl (C=O) groups excluding carboxylic acids is 3. The monoisotopic (exact) mass is 279 g/mol. The van der Waals surface area contributed by atoms with E-state index in [0.717, 1.165) is 0 Å². The van der Waals surface area contributed by atoms with Crippen molar-refractivity contribution in [3.05, 3.63) is 29.8 Å². The molecule has 0 aromatic heterocycles. The molecule has 0 fully saturated rings. The molecule has 0 bridgehead atoms. The van der Waals surface area contributed by atoms with E-state index >= 15 is 0 Å². The van der Waals surface area contributed by atoms with E-state index in [2.05, 4.69) is 5.32 Å². The van der Waals surface area contributed by atoms with Crippen molar-refractivity contribution in [2.24, 2.45) is 0 Å². The standard InChI is InChI=1S/C14H17NO5/c1-14(2,3)20-13(19)12(15-11(18)8-16)9-4-6-10(17)7-5-9/h4-8,12,17H,1-3H3,(H,15,18). The molecule has 20 heavy (non-hydrogen) atoms. The Kier molecular flexibility index (Phi) is 4.85. The number of rotatable bonds is 4. The van der Waals surface area contributed by atoms with Gasteiger partial charge in [0.15, 0.2) is 6.04 Å². The molecular formula is C14H17NO5. The number of esters is 1. The lowest BCUT2D eigenvalue weighted by Gasteiger charge is -2.24. The quantitative estimate of drug-likeness (QED) is 0.489. The second-order valence-electron chi connectivity index (χ2n) is 5.18. The highest BCUT2D eigenvalue weighted by Gasteiger charge is 2.28. The van der Waals surface area contributed by atoms with Crippen LogP contribution in [0.5, 0.6) is 5.75 Å². The molecular weight excluding hydrogens is 262 g/mol. The Morgan fingerprint density at radius 3 is 2.25 bits per heavy atom. The van der Waals surface area contributed by atoms with Gasteiger partial charge in [0.1, 0.15) is 11.4 Å². The van der Waals surface area contributed by atoms with Gasteiger partial charge in [-0.1, -0.05) is 12.1 Å². The average molecular weight is 279 g/mol. The molecule has 0 aliphatic rings. The largest absolute Gasteiger partial charge is 0.508 e. The smallest absolute Gasteiger partial charge is 0.333 e. The molecule has 0 spiro atoms. The minimum absolute atomic E-state index is 0.0263. The van der Waals surface area contributed by atoms with Crippen LogP contribution >= 0.6 is 0 Å². The van der Waals surface area contributed by atoms with E-state index in [0.29, 0.717) is 5.56 Å². The van der Waals surface area contributed by atoms with Crippen LogP contribution in [-0.4, -0.2) is 28.9 Å². The summed E-state index contributed by atoms with van der Waals surface area (Å²) in [5, 5.41) is 11.5. The first-order valence-corrected chi connectivity index (χ1v) is 6.00. The number of nitrogens with one attached hydrogen (secondary N) is 1. The van der Waals surface area contributed by atoms with Gasteiger partial charge < -0.3 is 15.2 Å². The minimum atomic E-state index is -1.10. The third-order valence-corrected chi connectivity index (χ3v) is 2.26. The summed E-state index contributed by atoms with van der Waals surface area (Å²) in [7, 11) is 0. The second-order valence-corrected chi connectivity index (χ2v) is 5.18. The zero-order valence-electron chi connectivity index (χ0n) is 11.5. The third kappa shape index (κ3) is 4.72. The maximum absolute atomic E-state index is 12.1. The van der Waals surface area contributed by atoms with Gasteiger partial charge in [0, 0.05) is 0 Å². The van der Waals surface area contributed by atoms with Crippen LogP contribution in [0.15, 0.2) is 24.3 Å². The fourth-order valence-corrected chi connectivity index (χ4v) is 1.48. The van der Waals surface area contributed by atoms with Crippen LogP contribution in [0.2, 0.25) is 0 Å². The van der Waals surface area contributed by atoms with Gasteiger partial charge in [-0.15, -0.1) is 0 Å². The highest BCUT2D eigenvalue weighted by atomic mass is 16.6. The van der Waals surface area contributed by atoms with E-state index < -0.39 is 23.5 Å². The fraction of sp³-hybridized carbons (Fsp3) is 0.357. The maximum atomic E-state index is 12.1. The predicted molar refractivity (Wildman–Crippen MR) is 70.9 cm³/mol. The van der Waals surface area contributed by atoms with Crippen molar-refractivity contribution in [3.63, 3.8) is 0 Å². The molecule has 1 atom stereocenters. The Bertz CT molecular complexity index is 501. The summed E-state index contributed by atoms with van der Waals surface area (Å²) in [6, 6.07) is 4.58. The molecule has 0 saturated carbocycles. The zero-order valence-corrected chi connectivity index (χ0v) is 11.5. The molecule has 0 saturated heterocycles. The Labute approximate surface area is 116 Å². The highest BCUT2D eigenvalue weighted by molar-refractivity contribution is 6.24. The van der Waals surface area contributed by atoms with Crippen molar-refractivity contribution in [2.45, 2.75) is 32.4 Å². The minimum Gasteiger partial charge on any atom is -0.508 e. The number of phenolic OH excluding ortho intramolecular Hbond substituents is 1. The fourth-order valence-electron chi connectivity index (χ4n) is 1.48. The van der Waals surface area contributed by atoms with Crippen LogP contribution in [0.3, 0.4) is 0 Å². The van der Waals surface area contributed by atoms with Crippen molar-refractivity contribution in [2.75, 3.05) is 0 Å². The van der Waals surface area contributed by atoms with Crippen LogP contribution in [-0.2, 0) is 19.1 Å². The van der Waals surface area contributed by atoms with E-state index in [1.807, 2.05) is 0 Å². The van der Waals surface area contributed by atoms with Gasteiger partial charge in [0.25, 0.3) is 5.91 Å². The number of ether oxygens (including phenoxy) is 1. The molecule has 6 heteroatoms. The normalized spacial score (nSPS) is 12.3. The molecule has 108 valence electrons. The van der Waals surface area contributed by atoms with Gasteiger partial charge in [-0.25, -0.2) is 4.79 Å². The summed E-state index contributed by atoms with van der Waals surface area (Å²) < 4.78 is 5.20. The van der Waals surface area contributed by atoms with Crippen molar-refractivity contribution < 1.29 is 24.2 Å². The molecule has 1 aromatic rings. The molecule has 6 nitrogen and oxygen atoms in total. The van der Waals surface area contributed by atoms with Gasteiger partial charge in [-0.2, -0.15) is 0 Å². The Hall–Kier alpha value is -2.37. The second kappa shape index (κ2) is 6.18. The summed E-state index contributed by atoms with van der Waals surface area (Å²) in [6.45, 7) is 5.08. The number of phenols is 1. The van der Waals surface area contributed by atoms with Gasteiger partial charge in [-0.05, 0) is 38.5 Å². The first-order valence-electron chi connectivity index (χ1n) is 6.00. The predicted octanol–water partition coefficient (Wildman–Crippen LogP) is 1.09. The lowest BCUT2D eigenvalue weighted by molar-refractivity contribution is -0.158. The molecule has 0 heterocycles. The Morgan fingerprint density at radius 1 is 1.25 bits per heavy atom. The van der Waals surface area contributed by atoms with Gasteiger partial charge >= 0.3 is 5.97 Å². The zero-order chi connectivity index (χ0) is 15.3. The van der Waals surface area contributed by atoms with Crippen LogP contribution in [0, 0.1) is 0 Å². The molecule has 0 aliphatic heterocycles. The first kappa shape index (κ1) is 15.7. The van der Waals surface area contributed by atoms with Crippen molar-refractivity contribution in [3.8, 4) is 5.75 Å². The maximum Gasteiger partial charge on any atom is 0.333 e. The average Bonchev–Trinajstić information content (AvgIpc) is 2.34. The van der Waals surface area contributed by atoms with Gasteiger partial charge in [0.2, 0.25) is 6.29 Å². The molecule has 0 radical (unpaired) electrons. The SMILES string of the molecule is CC(C)(C)OC(=O)C(NC(=O)C=O)c1ccc(O)cc1. The molecule has 1 unspecified atom stereocenters. The topological polar surface area (TPSA) is 92.7 Å². The summed E-state index contributed by atoms with van der Waals surface area (Å²) in [6.07, 6.45) is 0.0811. The number of carbonyl (C=O) groups is 3. The Morgan fingerprint density at radius 2 is 1.80 bits per heavy atom. The molecule has 1 aromatic carbocycles. The third-order valence-electron chi connectivity index (χ3n) is 2.26. The van der Waals surface area contributed by atoms with E-state index in [9.17, 15) is 19.5 Å². The number of hydrogen-bond donors (Lipinski definition) is 2. The lowest BCUT2D eigenvalue weighted by Crippen LogP contribution is -2.38. The van der Waals surface area contributed by atoms with Crippen LogP contribution < -0.4 is 5.32 Å². The Balaban J connectivity index is 3.01. The first-order chi connectivity index (χ1) is 9.23.